The van der Waals surface area contributed by atoms with Crippen LogP contribution in [0.25, 0.3) is 20.5 Å². The van der Waals surface area contributed by atoms with E-state index < -0.39 is 0 Å². The standard InChI is InChI=1S/C18H15FS3/c1-3-21-18(20)16-14-10-13(19)8-9-15(14)22-17(16)12-6-4-11(2)5-7-12/h4-10H,3H2,1-2H3. The molecule has 0 N–H and O–H groups in total. The summed E-state index contributed by atoms with van der Waals surface area (Å²) in [6, 6.07) is 13.4. The van der Waals surface area contributed by atoms with Gasteiger partial charge in [0.15, 0.2) is 0 Å². The normalized spacial score (nSPS) is 11.0. The molecule has 1 aromatic heterocycles. The summed E-state index contributed by atoms with van der Waals surface area (Å²) >= 11 is 8.92. The van der Waals surface area contributed by atoms with Gasteiger partial charge < -0.3 is 0 Å². The fourth-order valence-corrected chi connectivity index (χ4v) is 4.89. The van der Waals surface area contributed by atoms with E-state index >= 15 is 0 Å². The van der Waals surface area contributed by atoms with Crippen LogP contribution in [0.4, 0.5) is 4.39 Å². The average Bonchev–Trinajstić information content (AvgIpc) is 2.86. The Balaban J connectivity index is 2.26. The second-order valence-corrected chi connectivity index (χ2v) is 8.03. The van der Waals surface area contributed by atoms with Gasteiger partial charge in [0.05, 0.1) is 4.20 Å². The number of thiocarbonyl (C=S) groups is 1. The van der Waals surface area contributed by atoms with Crippen molar-refractivity contribution in [3.05, 3.63) is 59.4 Å². The Hall–Kier alpha value is -1.23. The van der Waals surface area contributed by atoms with E-state index in [2.05, 4.69) is 38.1 Å². The zero-order valence-corrected chi connectivity index (χ0v) is 14.8. The third-order valence-electron chi connectivity index (χ3n) is 3.44. The van der Waals surface area contributed by atoms with Crippen LogP contribution in [0.5, 0.6) is 0 Å². The molecule has 0 nitrogen and oxygen atoms in total. The number of hydrogen-bond donors (Lipinski definition) is 0. The Labute approximate surface area is 143 Å². The van der Waals surface area contributed by atoms with Crippen LogP contribution in [0.15, 0.2) is 42.5 Å². The van der Waals surface area contributed by atoms with Crippen LogP contribution in [0.2, 0.25) is 0 Å². The highest BCUT2D eigenvalue weighted by atomic mass is 32.2. The lowest BCUT2D eigenvalue weighted by molar-refractivity contribution is 0.630. The first-order valence-electron chi connectivity index (χ1n) is 7.06. The van der Waals surface area contributed by atoms with Gasteiger partial charge in [0.2, 0.25) is 0 Å². The molecule has 2 aromatic carbocycles. The maximum absolute atomic E-state index is 13.7. The lowest BCUT2D eigenvalue weighted by Crippen LogP contribution is -1.94. The van der Waals surface area contributed by atoms with Crippen molar-refractivity contribution >= 4 is 49.6 Å². The van der Waals surface area contributed by atoms with Crippen LogP contribution in [0.1, 0.15) is 18.1 Å². The van der Waals surface area contributed by atoms with E-state index in [4.69, 9.17) is 12.2 Å². The van der Waals surface area contributed by atoms with Crippen molar-refractivity contribution in [3.63, 3.8) is 0 Å². The smallest absolute Gasteiger partial charge is 0.123 e. The molecule has 1 heterocycles. The van der Waals surface area contributed by atoms with E-state index in [9.17, 15) is 4.39 Å². The molecule has 0 aliphatic carbocycles. The number of hydrogen-bond acceptors (Lipinski definition) is 3. The third-order valence-corrected chi connectivity index (χ3v) is 5.98. The Morgan fingerprint density at radius 3 is 2.59 bits per heavy atom. The van der Waals surface area contributed by atoms with Gasteiger partial charge in [-0.05, 0) is 36.4 Å². The molecule has 0 aliphatic heterocycles. The maximum Gasteiger partial charge on any atom is 0.123 e. The van der Waals surface area contributed by atoms with Gasteiger partial charge in [-0.25, -0.2) is 4.39 Å². The molecule has 4 heteroatoms. The molecule has 3 rings (SSSR count). The molecule has 0 atom stereocenters. The van der Waals surface area contributed by atoms with E-state index in [-0.39, 0.29) is 5.82 Å². The highest BCUT2D eigenvalue weighted by molar-refractivity contribution is 8.23. The zero-order chi connectivity index (χ0) is 15.7. The maximum atomic E-state index is 13.7. The first-order valence-corrected chi connectivity index (χ1v) is 9.27. The number of aryl methyl sites for hydroxylation is 1. The summed E-state index contributed by atoms with van der Waals surface area (Å²) in [5, 5.41) is 0.923. The largest absolute Gasteiger partial charge is 0.207 e. The van der Waals surface area contributed by atoms with E-state index in [1.807, 2.05) is 6.07 Å². The number of thiophene rings is 1. The molecule has 0 bridgehead atoms. The van der Waals surface area contributed by atoms with Gasteiger partial charge in [-0.3, -0.25) is 0 Å². The van der Waals surface area contributed by atoms with Crippen molar-refractivity contribution in [1.82, 2.24) is 0 Å². The number of fused-ring (bicyclic) bond motifs is 1. The van der Waals surface area contributed by atoms with Crippen molar-refractivity contribution in [3.8, 4) is 10.4 Å². The van der Waals surface area contributed by atoms with Gasteiger partial charge in [0, 0.05) is 20.5 Å². The number of benzene rings is 2. The first kappa shape index (κ1) is 15.7. The Morgan fingerprint density at radius 2 is 1.91 bits per heavy atom. The van der Waals surface area contributed by atoms with Gasteiger partial charge in [0.1, 0.15) is 5.82 Å². The lowest BCUT2D eigenvalue weighted by Gasteiger charge is -2.06. The molecule has 0 spiro atoms. The molecule has 112 valence electrons. The van der Waals surface area contributed by atoms with Crippen molar-refractivity contribution < 1.29 is 4.39 Å². The van der Waals surface area contributed by atoms with Crippen LogP contribution in [-0.2, 0) is 0 Å². The van der Waals surface area contributed by atoms with E-state index in [1.54, 1.807) is 29.2 Å². The Morgan fingerprint density at radius 1 is 1.18 bits per heavy atom. The fraction of sp³-hybridized carbons (Fsp3) is 0.167. The quantitative estimate of drug-likeness (QED) is 0.500. The van der Waals surface area contributed by atoms with Crippen molar-refractivity contribution in [1.29, 1.82) is 0 Å². The summed E-state index contributed by atoms with van der Waals surface area (Å²) in [7, 11) is 0. The molecule has 22 heavy (non-hydrogen) atoms. The predicted octanol–water partition coefficient (Wildman–Crippen LogP) is 6.44. The number of halogens is 1. The van der Waals surface area contributed by atoms with Gasteiger partial charge in [-0.2, -0.15) is 0 Å². The topological polar surface area (TPSA) is 0 Å². The number of rotatable bonds is 3. The predicted molar refractivity (Wildman–Crippen MR) is 102 cm³/mol. The molecule has 0 radical (unpaired) electrons. The van der Waals surface area contributed by atoms with Gasteiger partial charge in [0.25, 0.3) is 0 Å². The van der Waals surface area contributed by atoms with Crippen molar-refractivity contribution in [2.75, 3.05) is 5.75 Å². The zero-order valence-electron chi connectivity index (χ0n) is 12.4. The number of thioether (sulfide) groups is 1. The summed E-state index contributed by atoms with van der Waals surface area (Å²) in [5.41, 5.74) is 3.37. The van der Waals surface area contributed by atoms with Crippen LogP contribution in [-0.4, -0.2) is 9.95 Å². The fourth-order valence-electron chi connectivity index (χ4n) is 2.38. The summed E-state index contributed by atoms with van der Waals surface area (Å²) < 4.78 is 15.6. The minimum Gasteiger partial charge on any atom is -0.207 e. The van der Waals surface area contributed by atoms with E-state index in [1.165, 1.54) is 11.6 Å². The average molecular weight is 347 g/mol. The Bertz CT molecular complexity index is 831. The van der Waals surface area contributed by atoms with Crippen molar-refractivity contribution in [2.24, 2.45) is 0 Å². The molecular weight excluding hydrogens is 331 g/mol. The summed E-state index contributed by atoms with van der Waals surface area (Å²) in [4.78, 5) is 1.13. The van der Waals surface area contributed by atoms with Gasteiger partial charge in [-0.1, -0.05) is 49.0 Å². The molecular formula is C18H15FS3. The third kappa shape index (κ3) is 2.96. The minimum atomic E-state index is -0.216. The highest BCUT2D eigenvalue weighted by Gasteiger charge is 2.18. The lowest BCUT2D eigenvalue weighted by atomic mass is 10.1. The summed E-state index contributed by atoms with van der Waals surface area (Å²) in [5.74, 6) is 0.699. The van der Waals surface area contributed by atoms with E-state index in [0.29, 0.717) is 0 Å². The molecule has 0 saturated carbocycles. The molecule has 0 saturated heterocycles. The van der Waals surface area contributed by atoms with Gasteiger partial charge >= 0.3 is 0 Å². The second-order valence-electron chi connectivity index (χ2n) is 5.03. The van der Waals surface area contributed by atoms with Crippen LogP contribution < -0.4 is 0 Å². The summed E-state index contributed by atoms with van der Waals surface area (Å²) in [6.45, 7) is 4.15. The summed E-state index contributed by atoms with van der Waals surface area (Å²) in [6.07, 6.45) is 0. The van der Waals surface area contributed by atoms with Crippen molar-refractivity contribution in [2.45, 2.75) is 13.8 Å². The van der Waals surface area contributed by atoms with Crippen LogP contribution in [0.3, 0.4) is 0 Å². The van der Waals surface area contributed by atoms with Crippen LogP contribution >= 0.6 is 35.3 Å². The molecule has 0 fully saturated rings. The first-order chi connectivity index (χ1) is 10.6. The van der Waals surface area contributed by atoms with Crippen LogP contribution in [0, 0.1) is 12.7 Å². The second kappa shape index (κ2) is 6.49. The SMILES string of the molecule is CCSC(=S)c1c(-c2ccc(C)cc2)sc2ccc(F)cc12. The molecule has 0 amide bonds. The van der Waals surface area contributed by atoms with E-state index in [0.717, 1.165) is 36.0 Å². The Kier molecular flexibility index (Phi) is 4.62. The minimum absolute atomic E-state index is 0.216. The molecule has 0 aliphatic rings. The highest BCUT2D eigenvalue weighted by Crippen LogP contribution is 2.41. The monoisotopic (exact) mass is 346 g/mol. The molecule has 0 unspecified atom stereocenters. The van der Waals surface area contributed by atoms with Gasteiger partial charge in [-0.15, -0.1) is 23.1 Å². The molecule has 3 aromatic rings.